The molecule has 0 radical (unpaired) electrons. The van der Waals surface area contributed by atoms with Crippen LogP contribution >= 0.6 is 0 Å². The molecule has 1 amide bonds. The van der Waals surface area contributed by atoms with Gasteiger partial charge in [-0.2, -0.15) is 0 Å². The Morgan fingerprint density at radius 3 is 2.62 bits per heavy atom. The normalized spacial score (nSPS) is 21.3. The van der Waals surface area contributed by atoms with Crippen LogP contribution in [0, 0.1) is 5.82 Å². The molecular weight excluding hydrogens is 369 g/mol. The number of piperidine rings is 1. The number of halogens is 1. The number of amides is 1. The average molecular weight is 397 g/mol. The van der Waals surface area contributed by atoms with Crippen LogP contribution in [0.4, 0.5) is 4.39 Å². The van der Waals surface area contributed by atoms with Crippen molar-refractivity contribution in [2.45, 2.75) is 50.4 Å². The molecule has 2 aliphatic heterocycles. The number of rotatable bonds is 5. The second-order valence-corrected chi connectivity index (χ2v) is 8.13. The Morgan fingerprint density at radius 2 is 1.86 bits per heavy atom. The molecule has 29 heavy (non-hydrogen) atoms. The Bertz CT molecular complexity index is 818. The number of likely N-dealkylation sites (tertiary alicyclic amines) is 1. The molecule has 4 rings (SSSR count). The summed E-state index contributed by atoms with van der Waals surface area (Å²) in [6, 6.07) is 16.5. The first-order valence-electron chi connectivity index (χ1n) is 10.4. The van der Waals surface area contributed by atoms with Crippen LogP contribution in [0.2, 0.25) is 0 Å². The first-order valence-corrected chi connectivity index (χ1v) is 10.4. The van der Waals surface area contributed by atoms with Crippen molar-refractivity contribution in [3.63, 3.8) is 0 Å². The number of carbonyl (C=O) groups is 1. The molecule has 2 aromatic carbocycles. The zero-order valence-electron chi connectivity index (χ0n) is 16.7. The van der Waals surface area contributed by atoms with E-state index >= 15 is 0 Å². The van der Waals surface area contributed by atoms with Crippen LogP contribution in [-0.2, 0) is 27.3 Å². The lowest BCUT2D eigenvalue weighted by Crippen LogP contribution is -2.52. The summed E-state index contributed by atoms with van der Waals surface area (Å²) in [4.78, 5) is 14.5. The molecule has 2 fully saturated rings. The van der Waals surface area contributed by atoms with E-state index in [-0.39, 0.29) is 29.9 Å². The van der Waals surface area contributed by atoms with Crippen LogP contribution in [0.25, 0.3) is 0 Å². The molecule has 0 saturated carbocycles. The van der Waals surface area contributed by atoms with Crippen LogP contribution in [-0.4, -0.2) is 42.2 Å². The number of benzene rings is 2. The summed E-state index contributed by atoms with van der Waals surface area (Å²) in [5.74, 6) is -0.247. The van der Waals surface area contributed by atoms with Gasteiger partial charge in [0.05, 0.1) is 24.7 Å². The lowest BCUT2D eigenvalue weighted by Gasteiger charge is -2.46. The summed E-state index contributed by atoms with van der Waals surface area (Å²) in [6.45, 7) is 2.69. The van der Waals surface area contributed by atoms with E-state index in [1.54, 1.807) is 12.1 Å². The number of hydrogen-bond acceptors (Lipinski definition) is 3. The molecule has 4 nitrogen and oxygen atoms in total. The summed E-state index contributed by atoms with van der Waals surface area (Å²) < 4.78 is 25.7. The van der Waals surface area contributed by atoms with Crippen molar-refractivity contribution in [3.05, 3.63) is 71.5 Å². The predicted molar refractivity (Wildman–Crippen MR) is 109 cm³/mol. The minimum atomic E-state index is -0.301. The smallest absolute Gasteiger partial charge is 0.226 e. The van der Waals surface area contributed by atoms with Crippen LogP contribution < -0.4 is 0 Å². The molecule has 0 aliphatic carbocycles. The van der Waals surface area contributed by atoms with E-state index in [0.717, 1.165) is 31.2 Å². The fourth-order valence-electron chi connectivity index (χ4n) is 4.36. The van der Waals surface area contributed by atoms with Gasteiger partial charge in [-0.3, -0.25) is 4.79 Å². The van der Waals surface area contributed by atoms with Crippen molar-refractivity contribution < 1.29 is 18.7 Å². The number of nitrogens with zero attached hydrogens (tertiary/aromatic N) is 1. The highest BCUT2D eigenvalue weighted by Gasteiger charge is 2.41. The van der Waals surface area contributed by atoms with Gasteiger partial charge in [-0.15, -0.1) is 0 Å². The number of hydrogen-bond donors (Lipinski definition) is 0. The zero-order chi connectivity index (χ0) is 20.1. The third-order valence-electron chi connectivity index (χ3n) is 6.05. The van der Waals surface area contributed by atoms with E-state index in [0.29, 0.717) is 26.3 Å². The molecule has 0 bridgehead atoms. The number of carbonyl (C=O) groups excluding carboxylic acids is 1. The molecule has 2 aromatic rings. The third kappa shape index (κ3) is 5.22. The van der Waals surface area contributed by atoms with E-state index in [4.69, 9.17) is 9.47 Å². The van der Waals surface area contributed by atoms with Gasteiger partial charge >= 0.3 is 0 Å². The van der Waals surface area contributed by atoms with E-state index in [9.17, 15) is 9.18 Å². The van der Waals surface area contributed by atoms with Gasteiger partial charge in [0.15, 0.2) is 0 Å². The molecule has 1 spiro atoms. The Kier molecular flexibility index (Phi) is 6.26. The topological polar surface area (TPSA) is 38.8 Å². The van der Waals surface area contributed by atoms with E-state index in [1.165, 1.54) is 17.7 Å². The summed E-state index contributed by atoms with van der Waals surface area (Å²) in [5.41, 5.74) is 1.72. The summed E-state index contributed by atoms with van der Waals surface area (Å²) >= 11 is 0. The van der Waals surface area contributed by atoms with E-state index in [1.807, 2.05) is 23.1 Å². The Hall–Kier alpha value is -2.24. The van der Waals surface area contributed by atoms with Crippen molar-refractivity contribution in [2.75, 3.05) is 19.7 Å². The Morgan fingerprint density at radius 1 is 1.10 bits per heavy atom. The quantitative estimate of drug-likeness (QED) is 0.762. The summed E-state index contributed by atoms with van der Waals surface area (Å²) in [7, 11) is 0. The standard InChI is InChI=1S/C24H28FNO3/c25-21-8-4-7-20(15-21)16-23(27)26-12-10-24(11-13-26)17-22(9-14-29-24)28-18-19-5-2-1-3-6-19/h1-8,15,22H,9-14,16-18H2. The predicted octanol–water partition coefficient (Wildman–Crippen LogP) is 4.13. The molecule has 5 heteroatoms. The van der Waals surface area contributed by atoms with Crippen LogP contribution in [0.1, 0.15) is 36.8 Å². The maximum Gasteiger partial charge on any atom is 0.226 e. The van der Waals surface area contributed by atoms with Gasteiger partial charge in [-0.1, -0.05) is 42.5 Å². The lowest BCUT2D eigenvalue weighted by atomic mass is 9.83. The van der Waals surface area contributed by atoms with Crippen molar-refractivity contribution in [3.8, 4) is 0 Å². The lowest BCUT2D eigenvalue weighted by molar-refractivity contribution is -0.162. The minimum Gasteiger partial charge on any atom is -0.375 e. The maximum atomic E-state index is 13.4. The first kappa shape index (κ1) is 20.0. The van der Waals surface area contributed by atoms with Gasteiger partial charge in [0, 0.05) is 26.1 Å². The average Bonchev–Trinajstić information content (AvgIpc) is 2.74. The number of ether oxygens (including phenoxy) is 2. The van der Waals surface area contributed by atoms with E-state index < -0.39 is 0 Å². The second kappa shape index (κ2) is 9.06. The SMILES string of the molecule is O=C(Cc1cccc(F)c1)N1CCC2(CC1)CC(OCc1ccccc1)CCO2. The molecule has 2 saturated heterocycles. The molecule has 1 unspecified atom stereocenters. The molecule has 1 atom stereocenters. The van der Waals surface area contributed by atoms with Crippen LogP contribution in [0.5, 0.6) is 0 Å². The highest BCUT2D eigenvalue weighted by atomic mass is 19.1. The van der Waals surface area contributed by atoms with Gasteiger partial charge < -0.3 is 14.4 Å². The third-order valence-corrected chi connectivity index (χ3v) is 6.05. The van der Waals surface area contributed by atoms with Crippen LogP contribution in [0.3, 0.4) is 0 Å². The highest BCUT2D eigenvalue weighted by Crippen LogP contribution is 2.36. The second-order valence-electron chi connectivity index (χ2n) is 8.13. The van der Waals surface area contributed by atoms with Crippen LogP contribution in [0.15, 0.2) is 54.6 Å². The summed E-state index contributed by atoms with van der Waals surface area (Å²) in [5, 5.41) is 0. The fourth-order valence-corrected chi connectivity index (χ4v) is 4.36. The Balaban J connectivity index is 1.28. The van der Waals surface area contributed by atoms with E-state index in [2.05, 4.69) is 12.1 Å². The minimum absolute atomic E-state index is 0.0538. The van der Waals surface area contributed by atoms with Crippen molar-refractivity contribution in [1.29, 1.82) is 0 Å². The largest absolute Gasteiger partial charge is 0.375 e. The van der Waals surface area contributed by atoms with Crippen molar-refractivity contribution in [1.82, 2.24) is 4.90 Å². The molecule has 2 heterocycles. The first-order chi connectivity index (χ1) is 14.1. The fraction of sp³-hybridized carbons (Fsp3) is 0.458. The monoisotopic (exact) mass is 397 g/mol. The molecular formula is C24H28FNO3. The molecule has 154 valence electrons. The zero-order valence-corrected chi connectivity index (χ0v) is 16.7. The van der Waals surface area contributed by atoms with Crippen molar-refractivity contribution in [2.24, 2.45) is 0 Å². The van der Waals surface area contributed by atoms with Crippen molar-refractivity contribution >= 4 is 5.91 Å². The van der Waals surface area contributed by atoms with Gasteiger partial charge in [0.1, 0.15) is 5.82 Å². The maximum absolute atomic E-state index is 13.4. The van der Waals surface area contributed by atoms with Gasteiger partial charge in [-0.25, -0.2) is 4.39 Å². The molecule has 2 aliphatic rings. The van der Waals surface area contributed by atoms with Gasteiger partial charge in [0.2, 0.25) is 5.91 Å². The van der Waals surface area contributed by atoms with Gasteiger partial charge in [0.25, 0.3) is 0 Å². The highest BCUT2D eigenvalue weighted by molar-refractivity contribution is 5.78. The Labute approximate surface area is 171 Å². The summed E-state index contributed by atoms with van der Waals surface area (Å²) in [6.07, 6.45) is 3.88. The molecule has 0 N–H and O–H groups in total. The molecule has 0 aromatic heterocycles. The van der Waals surface area contributed by atoms with Gasteiger partial charge in [-0.05, 0) is 42.5 Å².